The summed E-state index contributed by atoms with van der Waals surface area (Å²) in [5.74, 6) is -5.44. The minimum Gasteiger partial charge on any atom is -0.488 e. The molecule has 2 aromatic carbocycles. The number of piperidine rings is 1. The van der Waals surface area contributed by atoms with Crippen LogP contribution in [0.4, 0.5) is 4.39 Å². The van der Waals surface area contributed by atoms with Crippen LogP contribution in [-0.2, 0) is 34.0 Å². The van der Waals surface area contributed by atoms with Gasteiger partial charge in [0.1, 0.15) is 24.2 Å². The zero-order valence-electron chi connectivity index (χ0n) is 26.8. The van der Waals surface area contributed by atoms with Crippen LogP contribution >= 0.6 is 0 Å². The summed E-state index contributed by atoms with van der Waals surface area (Å²) in [5, 5.41) is 1.56. The monoisotopic (exact) mass is 502 g/mol. The average Bonchev–Trinajstić information content (AvgIpc) is 3.12. The molecule has 3 unspecified atom stereocenters. The molecule has 0 saturated carbocycles. The van der Waals surface area contributed by atoms with E-state index in [0.29, 0.717) is 19.6 Å². The van der Waals surface area contributed by atoms with Gasteiger partial charge in [-0.15, -0.1) is 0 Å². The number of hydrogen-bond donors (Lipinski definition) is 1. The van der Waals surface area contributed by atoms with E-state index in [2.05, 4.69) is 4.90 Å². The quantitative estimate of drug-likeness (QED) is 0.612. The van der Waals surface area contributed by atoms with Crippen LogP contribution in [0.5, 0.6) is 5.75 Å². The fraction of sp³-hybridized carbons (Fsp3) is 0.444. The van der Waals surface area contributed by atoms with Crippen LogP contribution in [-0.4, -0.2) is 58.8 Å². The Bertz CT molecular complexity index is 1500. The average molecular weight is 503 g/mol. The van der Waals surface area contributed by atoms with Crippen molar-refractivity contribution in [3.05, 3.63) is 64.5 Å². The second-order valence-electron chi connectivity index (χ2n) is 8.98. The van der Waals surface area contributed by atoms with Crippen LogP contribution in [0.15, 0.2) is 36.4 Å². The van der Waals surface area contributed by atoms with Crippen molar-refractivity contribution in [2.75, 3.05) is 13.1 Å². The highest BCUT2D eigenvalue weighted by Crippen LogP contribution is 2.34. The van der Waals surface area contributed by atoms with Gasteiger partial charge in [0, 0.05) is 48.2 Å². The molecule has 190 valence electrons. The predicted octanol–water partition coefficient (Wildman–Crippen LogP) is 2.77. The van der Waals surface area contributed by atoms with Crippen molar-refractivity contribution in [2.24, 2.45) is 0 Å². The van der Waals surface area contributed by atoms with Crippen LogP contribution in [0.1, 0.15) is 63.2 Å². The Morgan fingerprint density at radius 3 is 2.75 bits per heavy atom. The topological polar surface area (TPSA) is 88.2 Å². The number of hydrogen-bond acceptors (Lipinski definition) is 6. The summed E-state index contributed by atoms with van der Waals surface area (Å²) in [7, 11) is 0. The molecule has 1 N–H and O–H groups in total. The molecule has 3 atom stereocenters. The summed E-state index contributed by atoms with van der Waals surface area (Å²) in [4.78, 5) is 40.6. The van der Waals surface area contributed by atoms with Gasteiger partial charge in [-0.1, -0.05) is 12.1 Å². The van der Waals surface area contributed by atoms with E-state index < -0.39 is 54.4 Å². The molecule has 0 bridgehead atoms. The van der Waals surface area contributed by atoms with E-state index in [4.69, 9.17) is 19.1 Å². The molecule has 3 heterocycles. The largest absolute Gasteiger partial charge is 0.488 e. The van der Waals surface area contributed by atoms with Gasteiger partial charge in [-0.2, -0.15) is 0 Å². The zero-order valence-corrected chi connectivity index (χ0v) is 19.8. The van der Waals surface area contributed by atoms with Gasteiger partial charge in [-0.05, 0) is 50.0 Å². The second-order valence-corrected chi connectivity index (χ2v) is 8.98. The lowest BCUT2D eigenvalue weighted by Crippen LogP contribution is -2.52. The molecule has 0 spiro atoms. The van der Waals surface area contributed by atoms with Crippen molar-refractivity contribution in [3.8, 4) is 5.75 Å². The first-order chi connectivity index (χ1) is 19.9. The minimum absolute atomic E-state index is 0.0113. The number of nitrogens with zero attached hydrogens (tertiary/aromatic N) is 2. The molecule has 36 heavy (non-hydrogen) atoms. The molecule has 8 nitrogen and oxygen atoms in total. The van der Waals surface area contributed by atoms with Crippen molar-refractivity contribution >= 4 is 17.7 Å². The number of imide groups is 1. The lowest BCUT2D eigenvalue weighted by atomic mass is 10.0. The molecule has 2 fully saturated rings. The van der Waals surface area contributed by atoms with E-state index >= 15 is 0 Å². The third-order valence-corrected chi connectivity index (χ3v) is 6.04. The number of amides is 3. The van der Waals surface area contributed by atoms with E-state index in [1.807, 2.05) is 13.8 Å². The smallest absolute Gasteiger partial charge is 0.255 e. The van der Waals surface area contributed by atoms with E-state index in [-0.39, 0.29) is 40.6 Å². The van der Waals surface area contributed by atoms with Gasteiger partial charge in [0.15, 0.2) is 0 Å². The fourth-order valence-electron chi connectivity index (χ4n) is 4.57. The standard InChI is InChI=1S/C27H30FN3O5/c1-16-11-30(12-17(2)36-16)13-18-6-7-22(28)19(10-18)15-35-24-5-3-4-20-21(24)14-31(27(20)34)23-8-9-25(32)29-26(23)33/h3-7,10,16-17,23H,8-9,11-15H2,1-2H3,(H,29,32,33)/i8D2,9D2,14D2,23D. The van der Waals surface area contributed by atoms with Crippen LogP contribution in [0.25, 0.3) is 0 Å². The van der Waals surface area contributed by atoms with Gasteiger partial charge in [-0.3, -0.25) is 24.6 Å². The second kappa shape index (κ2) is 9.99. The summed E-state index contributed by atoms with van der Waals surface area (Å²) >= 11 is 0. The Labute approximate surface area is 219 Å². The normalized spacial score (nSPS) is 33.7. The number of carbonyl (C=O) groups excluding carboxylic acids is 3. The number of carbonyl (C=O) groups is 3. The number of rotatable bonds is 6. The van der Waals surface area contributed by atoms with Gasteiger partial charge in [0.05, 0.1) is 22.8 Å². The van der Waals surface area contributed by atoms with E-state index in [1.54, 1.807) is 17.4 Å². The Morgan fingerprint density at radius 1 is 1.19 bits per heavy atom. The molecule has 2 aromatic rings. The molecule has 3 aliphatic rings. The molecule has 2 saturated heterocycles. The van der Waals surface area contributed by atoms with Crippen molar-refractivity contribution < 1.29 is 37.8 Å². The number of fused-ring (bicyclic) bond motifs is 1. The fourth-order valence-corrected chi connectivity index (χ4v) is 4.57. The lowest BCUT2D eigenvalue weighted by molar-refractivity contribution is -0.136. The molecular weight excluding hydrogens is 465 g/mol. The van der Waals surface area contributed by atoms with Crippen LogP contribution in [0, 0.1) is 5.82 Å². The van der Waals surface area contributed by atoms with E-state index in [9.17, 15) is 18.8 Å². The van der Waals surface area contributed by atoms with Crippen molar-refractivity contribution in [2.45, 2.75) is 64.5 Å². The summed E-state index contributed by atoms with van der Waals surface area (Å²) in [6.45, 7) is 2.43. The molecule has 3 aliphatic heterocycles. The molecular formula is C27H30FN3O5. The predicted molar refractivity (Wildman–Crippen MR) is 129 cm³/mol. The number of ether oxygens (including phenoxy) is 2. The number of morpholine rings is 1. The van der Waals surface area contributed by atoms with Crippen LogP contribution in [0.3, 0.4) is 0 Å². The summed E-state index contributed by atoms with van der Waals surface area (Å²) in [5.41, 5.74) is 0.153. The third-order valence-electron chi connectivity index (χ3n) is 6.04. The maximum Gasteiger partial charge on any atom is 0.255 e. The van der Waals surface area contributed by atoms with Gasteiger partial charge < -0.3 is 14.4 Å². The first-order valence-electron chi connectivity index (χ1n) is 15.0. The Morgan fingerprint density at radius 2 is 1.97 bits per heavy atom. The lowest BCUT2D eigenvalue weighted by Gasteiger charge is -2.35. The van der Waals surface area contributed by atoms with Crippen molar-refractivity contribution in [3.63, 3.8) is 0 Å². The number of nitrogens with one attached hydrogen (secondary N) is 1. The Kier molecular flexibility index (Phi) is 4.77. The molecule has 3 amide bonds. The number of benzene rings is 2. The molecule has 0 radical (unpaired) electrons. The zero-order chi connectivity index (χ0) is 31.7. The first-order valence-corrected chi connectivity index (χ1v) is 11.5. The van der Waals surface area contributed by atoms with Gasteiger partial charge >= 0.3 is 0 Å². The Hall–Kier alpha value is -3.30. The van der Waals surface area contributed by atoms with Crippen molar-refractivity contribution in [1.82, 2.24) is 15.1 Å². The Balaban J connectivity index is 1.44. The third kappa shape index (κ3) is 4.99. The maximum atomic E-state index is 14.8. The number of halogens is 1. The van der Waals surface area contributed by atoms with Gasteiger partial charge in [0.2, 0.25) is 11.8 Å². The maximum absolute atomic E-state index is 14.8. The highest BCUT2D eigenvalue weighted by molar-refractivity contribution is 6.05. The van der Waals surface area contributed by atoms with E-state index in [0.717, 1.165) is 5.56 Å². The molecule has 5 rings (SSSR count). The van der Waals surface area contributed by atoms with Crippen LogP contribution < -0.4 is 10.1 Å². The summed E-state index contributed by atoms with van der Waals surface area (Å²) in [6.07, 6.45) is -7.04. The van der Waals surface area contributed by atoms with Crippen molar-refractivity contribution in [1.29, 1.82) is 0 Å². The minimum atomic E-state index is -3.66. The molecule has 9 heteroatoms. The molecule has 0 aliphatic carbocycles. The highest BCUT2D eigenvalue weighted by atomic mass is 19.1. The molecule has 0 aromatic heterocycles. The van der Waals surface area contributed by atoms with E-state index in [1.165, 1.54) is 24.3 Å². The first kappa shape index (κ1) is 17.2. The van der Waals surface area contributed by atoms with Gasteiger partial charge in [0.25, 0.3) is 5.91 Å². The van der Waals surface area contributed by atoms with Gasteiger partial charge in [-0.25, -0.2) is 4.39 Å². The summed E-state index contributed by atoms with van der Waals surface area (Å²) in [6, 6.07) is 4.87. The van der Waals surface area contributed by atoms with Crippen LogP contribution in [0.2, 0.25) is 0 Å². The SMILES string of the molecule is [2H]C1([2H])c2c(OCc3cc(CN4CC(C)OC(C)C4)ccc3F)cccc2C(=O)N1C1([2H])C(=O)NC(=O)C([2H])([2H])C1([2H])[2H]. The summed E-state index contributed by atoms with van der Waals surface area (Å²) < 4.78 is 85.0. The highest BCUT2D eigenvalue weighted by Gasteiger charge is 2.40.